The van der Waals surface area contributed by atoms with Crippen molar-refractivity contribution in [2.45, 2.75) is 38.5 Å². The van der Waals surface area contributed by atoms with Gasteiger partial charge in [-0.2, -0.15) is 0 Å². The summed E-state index contributed by atoms with van der Waals surface area (Å²) in [4.78, 5) is 8.30. The monoisotopic (exact) mass is 271 g/mol. The van der Waals surface area contributed by atoms with Crippen molar-refractivity contribution in [2.75, 3.05) is 4.90 Å². The number of hydrogen-bond acceptors (Lipinski definition) is 4. The van der Waals surface area contributed by atoms with E-state index >= 15 is 0 Å². The third-order valence-electron chi connectivity index (χ3n) is 3.79. The average Bonchev–Trinajstić information content (AvgIpc) is 2.99. The van der Waals surface area contributed by atoms with E-state index in [-0.39, 0.29) is 0 Å². The largest absolute Gasteiger partial charge is 0.339 e. The van der Waals surface area contributed by atoms with Gasteiger partial charge in [0, 0.05) is 36.8 Å². The molecule has 1 N–H and O–H groups in total. The lowest BCUT2D eigenvalue weighted by atomic mass is 10.1. The number of nitrogens with one attached hydrogen (secondary N) is 1. The van der Waals surface area contributed by atoms with E-state index in [4.69, 9.17) is 0 Å². The topological polar surface area (TPSA) is 28.2 Å². The van der Waals surface area contributed by atoms with Crippen molar-refractivity contribution in [3.8, 4) is 0 Å². The molecule has 0 atom stereocenters. The molecule has 0 unspecified atom stereocenters. The second-order valence-corrected chi connectivity index (χ2v) is 6.48. The van der Waals surface area contributed by atoms with E-state index in [1.165, 1.54) is 28.8 Å². The van der Waals surface area contributed by atoms with E-state index < -0.39 is 0 Å². The summed E-state index contributed by atoms with van der Waals surface area (Å²) >= 11 is 1.82. The standard InChI is InChI=1S/C15H17N3S/c1-2-4-12-10-18(9-11(12)3-1)15-17-8-14(19-15)7-16-13-5-6-13/h1-4,8,13,16H,5-7,9-10H2. The van der Waals surface area contributed by atoms with E-state index in [0.29, 0.717) is 0 Å². The van der Waals surface area contributed by atoms with E-state index in [1.54, 1.807) is 0 Å². The lowest BCUT2D eigenvalue weighted by Gasteiger charge is -2.12. The Balaban J connectivity index is 1.45. The highest BCUT2D eigenvalue weighted by atomic mass is 32.1. The Morgan fingerprint density at radius 2 is 1.95 bits per heavy atom. The molecule has 1 aliphatic carbocycles. The zero-order valence-corrected chi connectivity index (χ0v) is 11.6. The maximum atomic E-state index is 4.58. The molecule has 1 aromatic heterocycles. The fraction of sp³-hybridized carbons (Fsp3) is 0.400. The smallest absolute Gasteiger partial charge is 0.186 e. The summed E-state index contributed by atoms with van der Waals surface area (Å²) in [5.74, 6) is 0. The zero-order chi connectivity index (χ0) is 12.7. The van der Waals surface area contributed by atoms with Crippen LogP contribution in [-0.2, 0) is 19.6 Å². The minimum Gasteiger partial charge on any atom is -0.339 e. The maximum Gasteiger partial charge on any atom is 0.186 e. The van der Waals surface area contributed by atoms with E-state index in [2.05, 4.69) is 39.5 Å². The van der Waals surface area contributed by atoms with Crippen molar-refractivity contribution in [3.05, 3.63) is 46.5 Å². The van der Waals surface area contributed by atoms with Gasteiger partial charge in [-0.3, -0.25) is 0 Å². The third kappa shape index (κ3) is 2.38. The Hall–Kier alpha value is -1.39. The maximum absolute atomic E-state index is 4.58. The molecule has 1 fully saturated rings. The summed E-state index contributed by atoms with van der Waals surface area (Å²) in [6.07, 6.45) is 4.71. The molecule has 0 saturated heterocycles. The SMILES string of the molecule is c1ccc2c(c1)CN(c1ncc(CNC3CC3)s1)C2. The normalized spacial score (nSPS) is 17.8. The summed E-state index contributed by atoms with van der Waals surface area (Å²) in [5, 5.41) is 4.70. The highest BCUT2D eigenvalue weighted by molar-refractivity contribution is 7.15. The van der Waals surface area contributed by atoms with Crippen molar-refractivity contribution in [2.24, 2.45) is 0 Å². The average molecular weight is 271 g/mol. The van der Waals surface area contributed by atoms with Crippen LogP contribution in [0.2, 0.25) is 0 Å². The van der Waals surface area contributed by atoms with Crippen LogP contribution in [0, 0.1) is 0 Å². The van der Waals surface area contributed by atoms with Crippen molar-refractivity contribution < 1.29 is 0 Å². The first-order valence-corrected chi connectivity index (χ1v) is 7.70. The van der Waals surface area contributed by atoms with E-state index in [1.807, 2.05) is 17.5 Å². The van der Waals surface area contributed by atoms with E-state index in [0.717, 1.165) is 30.8 Å². The van der Waals surface area contributed by atoms with Crippen molar-refractivity contribution in [1.82, 2.24) is 10.3 Å². The molecule has 2 aromatic rings. The number of nitrogens with zero attached hydrogens (tertiary/aromatic N) is 2. The Morgan fingerprint density at radius 1 is 1.21 bits per heavy atom. The molecule has 1 aliphatic heterocycles. The molecule has 1 aromatic carbocycles. The highest BCUT2D eigenvalue weighted by Crippen LogP contribution is 2.31. The van der Waals surface area contributed by atoms with Crippen LogP contribution in [0.1, 0.15) is 28.8 Å². The van der Waals surface area contributed by atoms with Crippen LogP contribution in [0.3, 0.4) is 0 Å². The van der Waals surface area contributed by atoms with Gasteiger partial charge in [-0.05, 0) is 24.0 Å². The number of rotatable bonds is 4. The number of benzene rings is 1. The molecule has 0 bridgehead atoms. The van der Waals surface area contributed by atoms with Crippen molar-refractivity contribution in [1.29, 1.82) is 0 Å². The number of aromatic nitrogens is 1. The van der Waals surface area contributed by atoms with Crippen LogP contribution >= 0.6 is 11.3 Å². The molecule has 2 heterocycles. The predicted molar refractivity (Wildman–Crippen MR) is 78.3 cm³/mol. The van der Waals surface area contributed by atoms with Gasteiger partial charge >= 0.3 is 0 Å². The first-order valence-electron chi connectivity index (χ1n) is 6.88. The van der Waals surface area contributed by atoms with Gasteiger partial charge in [-0.25, -0.2) is 4.98 Å². The summed E-state index contributed by atoms with van der Waals surface area (Å²) < 4.78 is 0. The molecular weight excluding hydrogens is 254 g/mol. The van der Waals surface area contributed by atoms with Crippen molar-refractivity contribution in [3.63, 3.8) is 0 Å². The Morgan fingerprint density at radius 3 is 2.63 bits per heavy atom. The van der Waals surface area contributed by atoms with Gasteiger partial charge in [-0.15, -0.1) is 11.3 Å². The van der Waals surface area contributed by atoms with Crippen LogP contribution in [0.25, 0.3) is 0 Å². The van der Waals surface area contributed by atoms with Crippen LogP contribution in [-0.4, -0.2) is 11.0 Å². The van der Waals surface area contributed by atoms with Crippen LogP contribution in [0.4, 0.5) is 5.13 Å². The second kappa shape index (κ2) is 4.62. The molecule has 1 saturated carbocycles. The molecular formula is C15H17N3S. The van der Waals surface area contributed by atoms with Gasteiger partial charge in [0.05, 0.1) is 0 Å². The Bertz CT molecular complexity index is 564. The van der Waals surface area contributed by atoms with Gasteiger partial charge in [0.25, 0.3) is 0 Å². The number of fused-ring (bicyclic) bond motifs is 1. The Kier molecular flexibility index (Phi) is 2.78. The molecule has 3 nitrogen and oxygen atoms in total. The molecule has 4 rings (SSSR count). The van der Waals surface area contributed by atoms with Gasteiger partial charge in [0.1, 0.15) is 0 Å². The number of thiazole rings is 1. The number of hydrogen-bond donors (Lipinski definition) is 1. The quantitative estimate of drug-likeness (QED) is 0.926. The predicted octanol–water partition coefficient (Wildman–Crippen LogP) is 2.92. The van der Waals surface area contributed by atoms with Crippen LogP contribution in [0.5, 0.6) is 0 Å². The molecule has 0 amide bonds. The van der Waals surface area contributed by atoms with Gasteiger partial charge < -0.3 is 10.2 Å². The fourth-order valence-corrected chi connectivity index (χ4v) is 3.38. The lowest BCUT2D eigenvalue weighted by molar-refractivity contribution is 0.694. The summed E-state index contributed by atoms with van der Waals surface area (Å²) in [5.41, 5.74) is 2.88. The van der Waals surface area contributed by atoms with Gasteiger partial charge in [-0.1, -0.05) is 24.3 Å². The molecule has 19 heavy (non-hydrogen) atoms. The summed E-state index contributed by atoms with van der Waals surface area (Å²) in [7, 11) is 0. The number of anilines is 1. The van der Waals surface area contributed by atoms with Gasteiger partial charge in [0.2, 0.25) is 0 Å². The lowest BCUT2D eigenvalue weighted by Crippen LogP contribution is -2.14. The summed E-state index contributed by atoms with van der Waals surface area (Å²) in [6, 6.07) is 9.45. The molecule has 98 valence electrons. The zero-order valence-electron chi connectivity index (χ0n) is 10.8. The third-order valence-corrected chi connectivity index (χ3v) is 4.85. The van der Waals surface area contributed by atoms with Gasteiger partial charge in [0.15, 0.2) is 5.13 Å². The first kappa shape index (κ1) is 11.4. The highest BCUT2D eigenvalue weighted by Gasteiger charge is 2.22. The van der Waals surface area contributed by atoms with Crippen LogP contribution in [0.15, 0.2) is 30.5 Å². The molecule has 0 spiro atoms. The minimum absolute atomic E-state index is 0.765. The van der Waals surface area contributed by atoms with Crippen molar-refractivity contribution >= 4 is 16.5 Å². The molecule has 2 aliphatic rings. The fourth-order valence-electron chi connectivity index (χ4n) is 2.53. The first-order chi connectivity index (χ1) is 9.38. The van der Waals surface area contributed by atoms with Crippen LogP contribution < -0.4 is 10.2 Å². The molecule has 0 radical (unpaired) electrons. The molecule has 4 heteroatoms. The van der Waals surface area contributed by atoms with E-state index in [9.17, 15) is 0 Å². The summed E-state index contributed by atoms with van der Waals surface area (Å²) in [6.45, 7) is 2.97. The Labute approximate surface area is 117 Å². The second-order valence-electron chi connectivity index (χ2n) is 5.39. The minimum atomic E-state index is 0.765.